The fourth-order valence-corrected chi connectivity index (χ4v) is 2.89. The van der Waals surface area contributed by atoms with Crippen molar-refractivity contribution in [1.82, 2.24) is 4.31 Å². The fraction of sp³-hybridized carbons (Fsp3) is 0.462. The van der Waals surface area contributed by atoms with Crippen LogP contribution in [0.3, 0.4) is 0 Å². The number of aliphatic hydroxyl groups excluding tert-OH is 1. The second-order valence-electron chi connectivity index (χ2n) is 4.45. The van der Waals surface area contributed by atoms with Crippen LogP contribution in [-0.2, 0) is 26.0 Å². The first-order valence-electron chi connectivity index (χ1n) is 6.07. The molecule has 0 heterocycles. The average Bonchev–Trinajstić information content (AvgIpc) is 2.45. The van der Waals surface area contributed by atoms with E-state index in [1.165, 1.54) is 26.3 Å². The van der Waals surface area contributed by atoms with Crippen molar-refractivity contribution in [2.24, 2.45) is 0 Å². The van der Waals surface area contributed by atoms with E-state index in [0.717, 1.165) is 4.31 Å². The van der Waals surface area contributed by atoms with Gasteiger partial charge < -0.3 is 9.84 Å². The molecule has 1 aromatic rings. The van der Waals surface area contributed by atoms with Gasteiger partial charge in [-0.15, -0.1) is 0 Å². The van der Waals surface area contributed by atoms with Crippen LogP contribution in [0.2, 0.25) is 0 Å². The molecule has 1 rings (SSSR count). The van der Waals surface area contributed by atoms with Crippen molar-refractivity contribution in [2.45, 2.75) is 24.3 Å². The third kappa shape index (κ3) is 3.78. The minimum absolute atomic E-state index is 0.0969. The molecule has 0 amide bonds. The van der Waals surface area contributed by atoms with Crippen molar-refractivity contribution in [1.29, 1.82) is 0 Å². The number of ether oxygens (including phenoxy) is 1. The summed E-state index contributed by atoms with van der Waals surface area (Å²) in [6.07, 6.45) is 0.0969. The molecule has 0 aliphatic heterocycles. The van der Waals surface area contributed by atoms with Gasteiger partial charge in [0.1, 0.15) is 0 Å². The molecule has 0 saturated heterocycles. The zero-order chi connectivity index (χ0) is 15.3. The largest absolute Gasteiger partial charge is 0.469 e. The van der Waals surface area contributed by atoms with Crippen molar-refractivity contribution < 1.29 is 23.1 Å². The molecule has 0 bridgehead atoms. The number of hydrogen-bond donors (Lipinski definition) is 1. The highest BCUT2D eigenvalue weighted by molar-refractivity contribution is 7.89. The number of nitrogens with zero attached hydrogens (tertiary/aromatic N) is 1. The summed E-state index contributed by atoms with van der Waals surface area (Å²) in [7, 11) is -0.931. The standard InChI is InChI=1S/C13H19NO5S/c1-10(9-15)14(2)20(17,18)12-6-4-11(5-7-12)8-13(16)19-3/h4-7,10,15H,8-9H2,1-3H3. The van der Waals surface area contributed by atoms with Gasteiger partial charge in [0.25, 0.3) is 0 Å². The van der Waals surface area contributed by atoms with Crippen molar-refractivity contribution in [3.63, 3.8) is 0 Å². The maximum atomic E-state index is 12.2. The Hall–Kier alpha value is -1.44. The number of methoxy groups -OCH3 is 1. The highest BCUT2D eigenvalue weighted by atomic mass is 32.2. The van der Waals surface area contributed by atoms with E-state index in [1.807, 2.05) is 0 Å². The lowest BCUT2D eigenvalue weighted by Gasteiger charge is -2.22. The molecular weight excluding hydrogens is 282 g/mol. The first-order chi connectivity index (χ1) is 9.32. The van der Waals surface area contributed by atoms with Crippen molar-refractivity contribution in [3.8, 4) is 0 Å². The number of carbonyl (C=O) groups excluding carboxylic acids is 1. The SMILES string of the molecule is COC(=O)Cc1ccc(S(=O)(=O)N(C)C(C)CO)cc1. The zero-order valence-electron chi connectivity index (χ0n) is 11.7. The van der Waals surface area contributed by atoms with Crippen LogP contribution < -0.4 is 0 Å². The van der Waals surface area contributed by atoms with E-state index < -0.39 is 16.1 Å². The molecule has 6 nitrogen and oxygen atoms in total. The lowest BCUT2D eigenvalue weighted by atomic mass is 10.2. The van der Waals surface area contributed by atoms with Gasteiger partial charge in [0.05, 0.1) is 25.0 Å². The van der Waals surface area contributed by atoms with E-state index in [4.69, 9.17) is 5.11 Å². The molecule has 0 aliphatic rings. The Morgan fingerprint density at radius 3 is 2.35 bits per heavy atom. The van der Waals surface area contributed by atoms with Crippen LogP contribution in [0.25, 0.3) is 0 Å². The Kier molecular flexibility index (Phi) is 5.67. The first-order valence-corrected chi connectivity index (χ1v) is 7.51. The minimum atomic E-state index is -3.64. The minimum Gasteiger partial charge on any atom is -0.469 e. The molecular formula is C13H19NO5S. The normalized spacial score (nSPS) is 13.2. The summed E-state index contributed by atoms with van der Waals surface area (Å²) in [5.74, 6) is -0.383. The lowest BCUT2D eigenvalue weighted by molar-refractivity contribution is -0.139. The van der Waals surface area contributed by atoms with Gasteiger partial charge in [-0.1, -0.05) is 12.1 Å². The Labute approximate surface area is 119 Å². The molecule has 1 atom stereocenters. The van der Waals surface area contributed by atoms with Crippen LogP contribution in [0.5, 0.6) is 0 Å². The van der Waals surface area contributed by atoms with Gasteiger partial charge >= 0.3 is 5.97 Å². The smallest absolute Gasteiger partial charge is 0.309 e. The van der Waals surface area contributed by atoms with Crippen LogP contribution in [0.4, 0.5) is 0 Å². The highest BCUT2D eigenvalue weighted by Crippen LogP contribution is 2.17. The first kappa shape index (κ1) is 16.6. The van der Waals surface area contributed by atoms with E-state index in [-0.39, 0.29) is 23.9 Å². The fourth-order valence-electron chi connectivity index (χ4n) is 1.54. The van der Waals surface area contributed by atoms with E-state index in [1.54, 1.807) is 19.1 Å². The van der Waals surface area contributed by atoms with Crippen LogP contribution in [0.1, 0.15) is 12.5 Å². The quantitative estimate of drug-likeness (QED) is 0.769. The number of likely N-dealkylation sites (N-methyl/N-ethyl adjacent to an activating group) is 1. The maximum absolute atomic E-state index is 12.2. The number of benzene rings is 1. The Bertz CT molecular complexity index is 553. The number of esters is 1. The second kappa shape index (κ2) is 6.83. The van der Waals surface area contributed by atoms with Crippen LogP contribution >= 0.6 is 0 Å². The predicted octanol–water partition coefficient (Wildman–Crippen LogP) is 0.403. The van der Waals surface area contributed by atoms with Crippen LogP contribution in [0, 0.1) is 0 Å². The molecule has 0 aromatic heterocycles. The predicted molar refractivity (Wildman–Crippen MR) is 73.7 cm³/mol. The summed E-state index contributed by atoms with van der Waals surface area (Å²) >= 11 is 0. The summed E-state index contributed by atoms with van der Waals surface area (Å²) < 4.78 is 30.1. The van der Waals surface area contributed by atoms with Crippen LogP contribution in [0.15, 0.2) is 29.2 Å². The molecule has 0 fully saturated rings. The van der Waals surface area contributed by atoms with Crippen molar-refractivity contribution in [3.05, 3.63) is 29.8 Å². The molecule has 1 aromatic carbocycles. The van der Waals surface area contributed by atoms with Gasteiger partial charge in [-0.2, -0.15) is 4.31 Å². The number of rotatable bonds is 6. The Balaban J connectivity index is 2.95. The third-order valence-corrected chi connectivity index (χ3v) is 5.05. The van der Waals surface area contributed by atoms with E-state index >= 15 is 0 Å². The third-order valence-electron chi connectivity index (χ3n) is 3.06. The van der Waals surface area contributed by atoms with Gasteiger partial charge in [0.15, 0.2) is 0 Å². The Morgan fingerprint density at radius 1 is 1.35 bits per heavy atom. The summed E-state index contributed by atoms with van der Waals surface area (Å²) in [5.41, 5.74) is 0.675. The molecule has 112 valence electrons. The van der Waals surface area contributed by atoms with E-state index in [9.17, 15) is 13.2 Å². The highest BCUT2D eigenvalue weighted by Gasteiger charge is 2.24. The van der Waals surface area contributed by atoms with Crippen molar-refractivity contribution in [2.75, 3.05) is 20.8 Å². The molecule has 7 heteroatoms. The van der Waals surface area contributed by atoms with Crippen LogP contribution in [-0.4, -0.2) is 50.6 Å². The monoisotopic (exact) mass is 301 g/mol. The molecule has 0 aliphatic carbocycles. The van der Waals surface area contributed by atoms with E-state index in [2.05, 4.69) is 4.74 Å². The maximum Gasteiger partial charge on any atom is 0.309 e. The summed E-state index contributed by atoms with van der Waals surface area (Å²) in [5, 5.41) is 9.03. The van der Waals surface area contributed by atoms with Gasteiger partial charge in [-0.3, -0.25) is 4.79 Å². The van der Waals surface area contributed by atoms with Gasteiger partial charge in [-0.05, 0) is 24.6 Å². The summed E-state index contributed by atoms with van der Waals surface area (Å²) in [6, 6.07) is 5.51. The van der Waals surface area contributed by atoms with Gasteiger partial charge in [0, 0.05) is 13.1 Å². The number of carbonyl (C=O) groups is 1. The van der Waals surface area contributed by atoms with Gasteiger partial charge in [-0.25, -0.2) is 8.42 Å². The molecule has 1 N–H and O–H groups in total. The topological polar surface area (TPSA) is 83.9 Å². The second-order valence-corrected chi connectivity index (χ2v) is 6.45. The summed E-state index contributed by atoms with van der Waals surface area (Å²) in [6.45, 7) is 1.36. The lowest BCUT2D eigenvalue weighted by Crippen LogP contribution is -2.37. The number of hydrogen-bond acceptors (Lipinski definition) is 5. The average molecular weight is 301 g/mol. The number of aliphatic hydroxyl groups is 1. The van der Waals surface area contributed by atoms with Gasteiger partial charge in [0.2, 0.25) is 10.0 Å². The summed E-state index contributed by atoms with van der Waals surface area (Å²) in [4.78, 5) is 11.2. The van der Waals surface area contributed by atoms with E-state index in [0.29, 0.717) is 5.56 Å². The molecule has 0 saturated carbocycles. The molecule has 20 heavy (non-hydrogen) atoms. The van der Waals surface area contributed by atoms with Crippen molar-refractivity contribution >= 4 is 16.0 Å². The number of sulfonamides is 1. The molecule has 0 spiro atoms. The molecule has 1 unspecified atom stereocenters. The Morgan fingerprint density at radius 2 is 1.90 bits per heavy atom. The molecule has 0 radical (unpaired) electrons. The zero-order valence-corrected chi connectivity index (χ0v) is 12.6.